The van der Waals surface area contributed by atoms with Crippen molar-refractivity contribution in [1.82, 2.24) is 4.98 Å². The molecule has 0 aliphatic heterocycles. The Hall–Kier alpha value is -1.13. The highest BCUT2D eigenvalue weighted by Gasteiger charge is 2.14. The van der Waals surface area contributed by atoms with Gasteiger partial charge in [0.25, 0.3) is 0 Å². The van der Waals surface area contributed by atoms with Gasteiger partial charge in [-0.3, -0.25) is 0 Å². The first-order valence-corrected chi connectivity index (χ1v) is 4.18. The summed E-state index contributed by atoms with van der Waals surface area (Å²) >= 11 is 0. The molecule has 0 unspecified atom stereocenters. The number of nitrogens with two attached hydrogens (primary N) is 2. The molecule has 0 aliphatic rings. The minimum absolute atomic E-state index is 0.395. The molecule has 5 N–H and O–H groups in total. The number of hydrogen-bond acceptors (Lipinski definition) is 4. The van der Waals surface area contributed by atoms with E-state index in [1.54, 1.807) is 19.2 Å². The van der Waals surface area contributed by atoms with Crippen LogP contribution in [0.25, 0.3) is 0 Å². The first kappa shape index (κ1) is 9.95. The molecule has 0 bridgehead atoms. The number of hydrogen-bond donors (Lipinski definition) is 3. The van der Waals surface area contributed by atoms with Gasteiger partial charge >= 0.3 is 0 Å². The molecular weight excluding hydrogens is 166 g/mol. The van der Waals surface area contributed by atoms with Crippen LogP contribution in [-0.4, -0.2) is 16.2 Å². The Morgan fingerprint density at radius 1 is 1.54 bits per heavy atom. The summed E-state index contributed by atoms with van der Waals surface area (Å²) in [5, 5.41) is 9.28. The number of aromatic nitrogens is 1. The van der Waals surface area contributed by atoms with E-state index in [0.29, 0.717) is 5.82 Å². The van der Waals surface area contributed by atoms with Crippen LogP contribution in [0.3, 0.4) is 0 Å². The molecule has 0 saturated heterocycles. The van der Waals surface area contributed by atoms with Gasteiger partial charge in [-0.25, -0.2) is 4.98 Å². The minimum Gasteiger partial charge on any atom is -0.391 e. The number of pyridine rings is 1. The topological polar surface area (TPSA) is 85.2 Å². The summed E-state index contributed by atoms with van der Waals surface area (Å²) in [5.74, 6) is 0.471. The number of nitrogens with zero attached hydrogens (tertiary/aromatic N) is 1. The summed E-state index contributed by atoms with van der Waals surface area (Å²) in [6, 6.07) is 1.35. The van der Waals surface area contributed by atoms with Gasteiger partial charge in [-0.2, -0.15) is 0 Å². The molecule has 1 heterocycles. The van der Waals surface area contributed by atoms with Crippen LogP contribution in [-0.2, 0) is 0 Å². The molecular formula is C9H15N3O. The van der Waals surface area contributed by atoms with Gasteiger partial charge in [-0.05, 0) is 31.0 Å². The fourth-order valence-electron chi connectivity index (χ4n) is 1.20. The van der Waals surface area contributed by atoms with Crippen LogP contribution >= 0.6 is 0 Å². The maximum absolute atomic E-state index is 9.28. The SMILES string of the molecule is Cc1cc(N)ncc1[C@H](N)[C@H](C)O. The van der Waals surface area contributed by atoms with Crippen molar-refractivity contribution < 1.29 is 5.11 Å². The van der Waals surface area contributed by atoms with Crippen molar-refractivity contribution in [2.75, 3.05) is 5.73 Å². The van der Waals surface area contributed by atoms with Crippen molar-refractivity contribution in [3.05, 3.63) is 23.4 Å². The minimum atomic E-state index is -0.580. The molecule has 0 aromatic carbocycles. The first-order valence-electron chi connectivity index (χ1n) is 4.18. The molecule has 0 fully saturated rings. The molecule has 1 aromatic heterocycles. The predicted octanol–water partition coefficient (Wildman–Crippen LogP) is 0.353. The Bertz CT molecular complexity index is 299. The third-order valence-electron chi connectivity index (χ3n) is 2.05. The zero-order valence-electron chi connectivity index (χ0n) is 7.86. The fraction of sp³-hybridized carbons (Fsp3) is 0.444. The fourth-order valence-corrected chi connectivity index (χ4v) is 1.20. The second-order valence-corrected chi connectivity index (χ2v) is 3.23. The summed E-state index contributed by atoms with van der Waals surface area (Å²) in [5.41, 5.74) is 13.0. The largest absolute Gasteiger partial charge is 0.391 e. The molecule has 13 heavy (non-hydrogen) atoms. The van der Waals surface area contributed by atoms with Gasteiger partial charge in [-0.1, -0.05) is 0 Å². The Balaban J connectivity index is 3.01. The molecule has 2 atom stereocenters. The second-order valence-electron chi connectivity index (χ2n) is 3.23. The maximum Gasteiger partial charge on any atom is 0.123 e. The molecule has 0 aliphatic carbocycles. The zero-order valence-corrected chi connectivity index (χ0v) is 7.86. The Kier molecular flexibility index (Phi) is 2.85. The summed E-state index contributed by atoms with van der Waals surface area (Å²) in [4.78, 5) is 3.93. The lowest BCUT2D eigenvalue weighted by Crippen LogP contribution is -2.24. The van der Waals surface area contributed by atoms with Crippen molar-refractivity contribution in [3.63, 3.8) is 0 Å². The lowest BCUT2D eigenvalue weighted by molar-refractivity contribution is 0.164. The Labute approximate surface area is 77.6 Å². The van der Waals surface area contributed by atoms with Gasteiger partial charge in [0.15, 0.2) is 0 Å². The van der Waals surface area contributed by atoms with E-state index in [1.165, 1.54) is 0 Å². The summed E-state index contributed by atoms with van der Waals surface area (Å²) in [7, 11) is 0. The second kappa shape index (κ2) is 3.72. The molecule has 4 nitrogen and oxygen atoms in total. The third-order valence-corrected chi connectivity index (χ3v) is 2.05. The van der Waals surface area contributed by atoms with E-state index in [9.17, 15) is 5.11 Å². The van der Waals surface area contributed by atoms with Crippen molar-refractivity contribution in [1.29, 1.82) is 0 Å². The third kappa shape index (κ3) is 2.17. The van der Waals surface area contributed by atoms with E-state index in [2.05, 4.69) is 4.98 Å². The number of aliphatic hydroxyl groups is 1. The molecule has 4 heteroatoms. The summed E-state index contributed by atoms with van der Waals surface area (Å²) in [6.07, 6.45) is 1.03. The number of aliphatic hydroxyl groups excluding tert-OH is 1. The van der Waals surface area contributed by atoms with Crippen molar-refractivity contribution in [3.8, 4) is 0 Å². The lowest BCUT2D eigenvalue weighted by atomic mass is 10.0. The van der Waals surface area contributed by atoms with Crippen LogP contribution in [0.15, 0.2) is 12.3 Å². The summed E-state index contributed by atoms with van der Waals surface area (Å²) in [6.45, 7) is 3.55. The van der Waals surface area contributed by atoms with Crippen LogP contribution in [0, 0.1) is 6.92 Å². The smallest absolute Gasteiger partial charge is 0.123 e. The van der Waals surface area contributed by atoms with Gasteiger partial charge in [-0.15, -0.1) is 0 Å². The molecule has 0 spiro atoms. The first-order chi connectivity index (χ1) is 6.02. The molecule has 1 rings (SSSR count). The molecule has 0 saturated carbocycles. The number of rotatable bonds is 2. The quantitative estimate of drug-likeness (QED) is 0.614. The predicted molar refractivity (Wildman–Crippen MR) is 52.0 cm³/mol. The Morgan fingerprint density at radius 2 is 2.15 bits per heavy atom. The highest BCUT2D eigenvalue weighted by Crippen LogP contribution is 2.18. The average Bonchev–Trinajstić information content (AvgIpc) is 2.03. The van der Waals surface area contributed by atoms with E-state index in [1.807, 2.05) is 6.92 Å². The van der Waals surface area contributed by atoms with Crippen LogP contribution in [0.4, 0.5) is 5.82 Å². The van der Waals surface area contributed by atoms with Crippen molar-refractivity contribution in [2.24, 2.45) is 5.73 Å². The molecule has 0 radical (unpaired) electrons. The number of anilines is 1. The number of aryl methyl sites for hydroxylation is 1. The zero-order chi connectivity index (χ0) is 10.0. The van der Waals surface area contributed by atoms with Gasteiger partial charge in [0.2, 0.25) is 0 Å². The van der Waals surface area contributed by atoms with Gasteiger partial charge in [0, 0.05) is 6.20 Å². The molecule has 72 valence electrons. The van der Waals surface area contributed by atoms with E-state index in [4.69, 9.17) is 11.5 Å². The van der Waals surface area contributed by atoms with Gasteiger partial charge in [0.05, 0.1) is 12.1 Å². The van der Waals surface area contributed by atoms with E-state index >= 15 is 0 Å². The monoisotopic (exact) mass is 181 g/mol. The standard InChI is InChI=1S/C9H15N3O/c1-5-3-8(10)12-4-7(5)9(11)6(2)13/h3-4,6,9,13H,11H2,1-2H3,(H2,10,12)/t6-,9+/m0/s1. The normalized spacial score (nSPS) is 15.4. The van der Waals surface area contributed by atoms with Gasteiger partial charge < -0.3 is 16.6 Å². The Morgan fingerprint density at radius 3 is 2.62 bits per heavy atom. The van der Waals surface area contributed by atoms with E-state index < -0.39 is 12.1 Å². The molecule has 0 amide bonds. The van der Waals surface area contributed by atoms with E-state index in [0.717, 1.165) is 11.1 Å². The number of nitrogen functional groups attached to an aromatic ring is 1. The van der Waals surface area contributed by atoms with Crippen molar-refractivity contribution >= 4 is 5.82 Å². The highest BCUT2D eigenvalue weighted by molar-refractivity contribution is 5.37. The average molecular weight is 181 g/mol. The van der Waals surface area contributed by atoms with Crippen LogP contribution < -0.4 is 11.5 Å². The molecule has 1 aromatic rings. The summed E-state index contributed by atoms with van der Waals surface area (Å²) < 4.78 is 0. The highest BCUT2D eigenvalue weighted by atomic mass is 16.3. The van der Waals surface area contributed by atoms with Crippen LogP contribution in [0.5, 0.6) is 0 Å². The van der Waals surface area contributed by atoms with E-state index in [-0.39, 0.29) is 0 Å². The lowest BCUT2D eigenvalue weighted by Gasteiger charge is -2.16. The van der Waals surface area contributed by atoms with Crippen LogP contribution in [0.1, 0.15) is 24.1 Å². The maximum atomic E-state index is 9.28. The van der Waals surface area contributed by atoms with Crippen LogP contribution in [0.2, 0.25) is 0 Å². The van der Waals surface area contributed by atoms with Crippen molar-refractivity contribution in [2.45, 2.75) is 26.0 Å². The van der Waals surface area contributed by atoms with Gasteiger partial charge in [0.1, 0.15) is 5.82 Å².